The highest BCUT2D eigenvalue weighted by Crippen LogP contribution is 2.24. The lowest BCUT2D eigenvalue weighted by Gasteiger charge is -2.34. The second-order valence-electron chi connectivity index (χ2n) is 5.28. The number of rotatable bonds is 4. The van der Waals surface area contributed by atoms with Gasteiger partial charge in [0.15, 0.2) is 0 Å². The van der Waals surface area contributed by atoms with Gasteiger partial charge >= 0.3 is 0 Å². The van der Waals surface area contributed by atoms with Gasteiger partial charge in [-0.05, 0) is 45.2 Å². The molecule has 0 aromatic rings. The first-order valence-electron chi connectivity index (χ1n) is 6.86. The Bertz CT molecular complexity index is 344. The average Bonchev–Trinajstić information content (AvgIpc) is 2.41. The van der Waals surface area contributed by atoms with Gasteiger partial charge in [0, 0.05) is 19.7 Å². The molecular formula is C12H24N2O3S. The van der Waals surface area contributed by atoms with Crippen LogP contribution in [0, 0.1) is 5.92 Å². The predicted molar refractivity (Wildman–Crippen MR) is 71.0 cm³/mol. The van der Waals surface area contributed by atoms with Gasteiger partial charge in [-0.2, -0.15) is 0 Å². The van der Waals surface area contributed by atoms with Crippen molar-refractivity contribution in [3.63, 3.8) is 0 Å². The first-order valence-corrected chi connectivity index (χ1v) is 8.36. The standard InChI is InChI=1S/C12H24N2O3S/c1-13-9-11-4-6-14(7-5-11)18(15,16)12-3-2-8-17-10-12/h11-13H,2-10H2,1H3/t12-/m1/s1. The fraction of sp³-hybridized carbons (Fsp3) is 1.00. The smallest absolute Gasteiger partial charge is 0.219 e. The van der Waals surface area contributed by atoms with Crippen molar-refractivity contribution in [2.24, 2.45) is 5.92 Å². The number of ether oxygens (including phenoxy) is 1. The molecule has 0 radical (unpaired) electrons. The van der Waals surface area contributed by atoms with Crippen LogP contribution in [0.3, 0.4) is 0 Å². The number of hydrogen-bond acceptors (Lipinski definition) is 4. The van der Waals surface area contributed by atoms with Crippen LogP contribution in [0.5, 0.6) is 0 Å². The Morgan fingerprint density at radius 3 is 2.56 bits per heavy atom. The summed E-state index contributed by atoms with van der Waals surface area (Å²) >= 11 is 0. The summed E-state index contributed by atoms with van der Waals surface area (Å²) in [5.41, 5.74) is 0. The molecule has 0 aromatic carbocycles. The average molecular weight is 276 g/mol. The number of sulfonamides is 1. The Morgan fingerprint density at radius 2 is 2.00 bits per heavy atom. The minimum atomic E-state index is -3.14. The molecule has 0 bridgehead atoms. The van der Waals surface area contributed by atoms with Crippen LogP contribution >= 0.6 is 0 Å². The van der Waals surface area contributed by atoms with Gasteiger partial charge in [0.2, 0.25) is 10.0 Å². The summed E-state index contributed by atoms with van der Waals surface area (Å²) in [5, 5.41) is 2.85. The summed E-state index contributed by atoms with van der Waals surface area (Å²) < 4.78 is 31.9. The van der Waals surface area contributed by atoms with Crippen LogP contribution in [0.25, 0.3) is 0 Å². The quantitative estimate of drug-likeness (QED) is 0.809. The maximum Gasteiger partial charge on any atom is 0.219 e. The largest absolute Gasteiger partial charge is 0.380 e. The topological polar surface area (TPSA) is 58.6 Å². The van der Waals surface area contributed by atoms with Crippen molar-refractivity contribution >= 4 is 10.0 Å². The molecule has 18 heavy (non-hydrogen) atoms. The van der Waals surface area contributed by atoms with Gasteiger partial charge in [0.1, 0.15) is 0 Å². The van der Waals surface area contributed by atoms with E-state index in [2.05, 4.69) is 5.32 Å². The van der Waals surface area contributed by atoms with Crippen molar-refractivity contribution in [2.75, 3.05) is 39.9 Å². The van der Waals surface area contributed by atoms with Crippen molar-refractivity contribution in [1.29, 1.82) is 0 Å². The molecule has 2 fully saturated rings. The molecular weight excluding hydrogens is 252 g/mol. The lowest BCUT2D eigenvalue weighted by atomic mass is 9.98. The van der Waals surface area contributed by atoms with Crippen LogP contribution in [-0.4, -0.2) is 57.9 Å². The molecule has 0 amide bonds. The molecule has 0 saturated carbocycles. The minimum Gasteiger partial charge on any atom is -0.380 e. The maximum atomic E-state index is 12.4. The fourth-order valence-electron chi connectivity index (χ4n) is 2.81. The molecule has 0 aliphatic carbocycles. The Kier molecular flexibility index (Phi) is 5.00. The summed E-state index contributed by atoms with van der Waals surface area (Å²) in [7, 11) is -1.19. The maximum absolute atomic E-state index is 12.4. The molecule has 2 heterocycles. The SMILES string of the molecule is CNCC1CCN(S(=O)(=O)[C@@H]2CCCOC2)CC1. The molecule has 2 aliphatic rings. The third-order valence-electron chi connectivity index (χ3n) is 3.97. The van der Waals surface area contributed by atoms with E-state index in [1.807, 2.05) is 7.05 Å². The van der Waals surface area contributed by atoms with Crippen LogP contribution in [0.1, 0.15) is 25.7 Å². The Morgan fingerprint density at radius 1 is 1.28 bits per heavy atom. The lowest BCUT2D eigenvalue weighted by Crippen LogP contribution is -2.46. The second-order valence-corrected chi connectivity index (χ2v) is 7.50. The van der Waals surface area contributed by atoms with Crippen molar-refractivity contribution in [3.8, 4) is 0 Å². The van der Waals surface area contributed by atoms with E-state index in [1.54, 1.807) is 4.31 Å². The van der Waals surface area contributed by atoms with Crippen molar-refractivity contribution < 1.29 is 13.2 Å². The predicted octanol–water partition coefficient (Wildman–Crippen LogP) is 0.427. The molecule has 2 rings (SSSR count). The van der Waals surface area contributed by atoms with Gasteiger partial charge in [0.25, 0.3) is 0 Å². The summed E-state index contributed by atoms with van der Waals surface area (Å²) in [6, 6.07) is 0. The zero-order valence-electron chi connectivity index (χ0n) is 11.1. The zero-order valence-corrected chi connectivity index (χ0v) is 11.9. The molecule has 1 N–H and O–H groups in total. The number of hydrogen-bond donors (Lipinski definition) is 1. The minimum absolute atomic E-state index is 0.313. The molecule has 6 heteroatoms. The number of nitrogens with zero attached hydrogens (tertiary/aromatic N) is 1. The Balaban J connectivity index is 1.91. The van der Waals surface area contributed by atoms with E-state index >= 15 is 0 Å². The third kappa shape index (κ3) is 3.23. The second kappa shape index (κ2) is 6.32. The van der Waals surface area contributed by atoms with Gasteiger partial charge in [-0.15, -0.1) is 0 Å². The van der Waals surface area contributed by atoms with E-state index in [-0.39, 0.29) is 5.25 Å². The first-order chi connectivity index (χ1) is 8.64. The Hall–Kier alpha value is -0.170. The molecule has 2 aliphatic heterocycles. The highest BCUT2D eigenvalue weighted by atomic mass is 32.2. The molecule has 2 saturated heterocycles. The van der Waals surface area contributed by atoms with Crippen LogP contribution < -0.4 is 5.32 Å². The van der Waals surface area contributed by atoms with E-state index < -0.39 is 10.0 Å². The van der Waals surface area contributed by atoms with E-state index in [0.717, 1.165) is 32.2 Å². The summed E-state index contributed by atoms with van der Waals surface area (Å²) in [6.45, 7) is 3.41. The van der Waals surface area contributed by atoms with Gasteiger partial charge in [-0.3, -0.25) is 0 Å². The van der Waals surface area contributed by atoms with E-state index in [1.165, 1.54) is 0 Å². The van der Waals surface area contributed by atoms with Gasteiger partial charge in [-0.1, -0.05) is 0 Å². The normalized spacial score (nSPS) is 28.4. The molecule has 0 spiro atoms. The van der Waals surface area contributed by atoms with E-state index in [0.29, 0.717) is 32.2 Å². The van der Waals surface area contributed by atoms with Crippen molar-refractivity contribution in [1.82, 2.24) is 9.62 Å². The summed E-state index contributed by atoms with van der Waals surface area (Å²) in [6.07, 6.45) is 3.54. The van der Waals surface area contributed by atoms with Crippen molar-refractivity contribution in [3.05, 3.63) is 0 Å². The molecule has 1 atom stereocenters. The molecule has 0 aromatic heterocycles. The number of piperidine rings is 1. The lowest BCUT2D eigenvalue weighted by molar-refractivity contribution is 0.0968. The molecule has 5 nitrogen and oxygen atoms in total. The number of nitrogens with one attached hydrogen (secondary N) is 1. The zero-order chi connectivity index (χ0) is 13.0. The highest BCUT2D eigenvalue weighted by Gasteiger charge is 2.35. The third-order valence-corrected chi connectivity index (χ3v) is 6.27. The van der Waals surface area contributed by atoms with Crippen LogP contribution in [-0.2, 0) is 14.8 Å². The summed E-state index contributed by atoms with van der Waals surface area (Å²) in [5.74, 6) is 0.615. The highest BCUT2D eigenvalue weighted by molar-refractivity contribution is 7.89. The molecule has 106 valence electrons. The van der Waals surface area contributed by atoms with E-state index in [4.69, 9.17) is 4.74 Å². The van der Waals surface area contributed by atoms with Crippen molar-refractivity contribution in [2.45, 2.75) is 30.9 Å². The summed E-state index contributed by atoms with van der Waals surface area (Å²) in [4.78, 5) is 0. The van der Waals surface area contributed by atoms with Crippen LogP contribution in [0.4, 0.5) is 0 Å². The van der Waals surface area contributed by atoms with Gasteiger partial charge < -0.3 is 10.1 Å². The first kappa shape index (κ1) is 14.2. The molecule has 0 unspecified atom stereocenters. The fourth-order valence-corrected chi connectivity index (χ4v) is 4.69. The van der Waals surface area contributed by atoms with Gasteiger partial charge in [0.05, 0.1) is 11.9 Å². The Labute approximate surface area is 110 Å². The van der Waals surface area contributed by atoms with Gasteiger partial charge in [-0.25, -0.2) is 12.7 Å². The van der Waals surface area contributed by atoms with Crippen LogP contribution in [0.2, 0.25) is 0 Å². The van der Waals surface area contributed by atoms with Crippen LogP contribution in [0.15, 0.2) is 0 Å². The monoisotopic (exact) mass is 276 g/mol. The van der Waals surface area contributed by atoms with E-state index in [9.17, 15) is 8.42 Å².